The molecule has 0 aliphatic heterocycles. The number of nitrogens with zero attached hydrogens (tertiary/aromatic N) is 5. The molecule has 0 saturated carbocycles. The molecule has 0 radical (unpaired) electrons. The van der Waals surface area contributed by atoms with Crippen LogP contribution in [0, 0.1) is 17.0 Å². The van der Waals surface area contributed by atoms with E-state index in [0.717, 1.165) is 19.4 Å². The number of nitrogens with two attached hydrogens (primary N) is 1. The number of carbonyl (C=O) groups excluding carboxylic acids is 1. The number of halogens is 2. The summed E-state index contributed by atoms with van der Waals surface area (Å²) in [7, 11) is 1.11. The maximum atomic E-state index is 14.2. The second kappa shape index (κ2) is 7.94. The molecule has 1 aromatic carbocycles. The summed E-state index contributed by atoms with van der Waals surface area (Å²) < 4.78 is 34.2. The molecular formula is C19H16F2N8O3. The summed E-state index contributed by atoms with van der Waals surface area (Å²) in [6.07, 6.45) is 0.0466. The minimum Gasteiger partial charge on any atom is -0.453 e. The first-order chi connectivity index (χ1) is 15.3. The van der Waals surface area contributed by atoms with Gasteiger partial charge in [-0.3, -0.25) is 10.7 Å². The van der Waals surface area contributed by atoms with Gasteiger partial charge in [-0.05, 0) is 12.1 Å². The van der Waals surface area contributed by atoms with E-state index in [1.807, 2.05) is 0 Å². The minimum atomic E-state index is -0.925. The summed E-state index contributed by atoms with van der Waals surface area (Å²) >= 11 is 0. The Labute approximate surface area is 178 Å². The number of anilines is 2. The van der Waals surface area contributed by atoms with Gasteiger partial charge in [0.2, 0.25) is 5.82 Å². The van der Waals surface area contributed by atoms with E-state index in [1.54, 1.807) is 18.2 Å². The SMILES string of the molecule is COC(=O)Nc1c(N)nc(-c2nn(Cc3ccccc3F)c3ncc(F)cc23)n(O)c1=N. The summed E-state index contributed by atoms with van der Waals surface area (Å²) in [5.41, 5.74) is 5.36. The molecule has 4 aromatic rings. The van der Waals surface area contributed by atoms with Crippen LogP contribution in [-0.2, 0) is 11.3 Å². The zero-order valence-electron chi connectivity index (χ0n) is 16.5. The summed E-state index contributed by atoms with van der Waals surface area (Å²) in [5.74, 6) is -1.78. The van der Waals surface area contributed by atoms with Crippen molar-refractivity contribution in [3.8, 4) is 11.5 Å². The number of carbonyl (C=O) groups is 1. The van der Waals surface area contributed by atoms with Gasteiger partial charge in [-0.2, -0.15) is 5.10 Å². The van der Waals surface area contributed by atoms with Crippen molar-refractivity contribution in [3.05, 3.63) is 59.2 Å². The molecule has 0 atom stereocenters. The molecule has 4 rings (SSSR count). The van der Waals surface area contributed by atoms with Crippen LogP contribution in [0.15, 0.2) is 36.5 Å². The van der Waals surface area contributed by atoms with Gasteiger partial charge < -0.3 is 15.7 Å². The van der Waals surface area contributed by atoms with Crippen LogP contribution in [0.4, 0.5) is 25.1 Å². The van der Waals surface area contributed by atoms with Crippen molar-refractivity contribution in [1.82, 2.24) is 24.5 Å². The third-order valence-electron chi connectivity index (χ3n) is 4.59. The molecule has 13 heteroatoms. The lowest BCUT2D eigenvalue weighted by Crippen LogP contribution is -2.28. The third kappa shape index (κ3) is 3.55. The number of nitrogen functional groups attached to an aromatic ring is 1. The number of aromatic nitrogens is 5. The lowest BCUT2D eigenvalue weighted by atomic mass is 10.2. The molecule has 3 heterocycles. The Morgan fingerprint density at radius 1 is 1.34 bits per heavy atom. The van der Waals surface area contributed by atoms with E-state index < -0.39 is 23.2 Å². The van der Waals surface area contributed by atoms with E-state index in [4.69, 9.17) is 11.1 Å². The predicted octanol–water partition coefficient (Wildman–Crippen LogP) is 2.10. The van der Waals surface area contributed by atoms with Crippen LogP contribution < -0.4 is 16.5 Å². The van der Waals surface area contributed by atoms with E-state index in [-0.39, 0.29) is 40.6 Å². The molecular weight excluding hydrogens is 426 g/mol. The fourth-order valence-electron chi connectivity index (χ4n) is 3.08. The minimum absolute atomic E-state index is 0.0432. The highest BCUT2D eigenvalue weighted by Gasteiger charge is 2.22. The molecule has 11 nitrogen and oxygen atoms in total. The number of rotatable bonds is 4. The zero-order chi connectivity index (χ0) is 23.0. The first-order valence-corrected chi connectivity index (χ1v) is 9.07. The van der Waals surface area contributed by atoms with Gasteiger partial charge in [-0.25, -0.2) is 28.2 Å². The number of pyridine rings is 1. The number of fused-ring (bicyclic) bond motifs is 1. The number of benzene rings is 1. The number of hydrogen-bond donors (Lipinski definition) is 4. The number of amides is 1. The van der Waals surface area contributed by atoms with Gasteiger partial charge in [0.25, 0.3) is 0 Å². The molecule has 1 amide bonds. The Morgan fingerprint density at radius 3 is 2.81 bits per heavy atom. The molecule has 0 spiro atoms. The van der Waals surface area contributed by atoms with Gasteiger partial charge in [-0.1, -0.05) is 18.2 Å². The van der Waals surface area contributed by atoms with E-state index in [0.29, 0.717) is 10.3 Å². The van der Waals surface area contributed by atoms with Crippen LogP contribution >= 0.6 is 0 Å². The summed E-state index contributed by atoms with van der Waals surface area (Å²) in [6.45, 7) is -0.0432. The molecule has 3 aromatic heterocycles. The topological polar surface area (TPSA) is 157 Å². The van der Waals surface area contributed by atoms with E-state index in [9.17, 15) is 18.8 Å². The van der Waals surface area contributed by atoms with Crippen molar-refractivity contribution in [1.29, 1.82) is 5.41 Å². The first kappa shape index (κ1) is 20.7. The van der Waals surface area contributed by atoms with Crippen molar-refractivity contribution in [2.75, 3.05) is 18.2 Å². The average Bonchev–Trinajstić information content (AvgIpc) is 3.12. The Balaban J connectivity index is 1.90. The van der Waals surface area contributed by atoms with Gasteiger partial charge in [-0.15, -0.1) is 4.73 Å². The van der Waals surface area contributed by atoms with Gasteiger partial charge in [0, 0.05) is 5.56 Å². The highest BCUT2D eigenvalue weighted by molar-refractivity contribution is 5.91. The van der Waals surface area contributed by atoms with Crippen LogP contribution in [0.3, 0.4) is 0 Å². The Bertz CT molecular complexity index is 1420. The second-order valence-corrected chi connectivity index (χ2v) is 6.60. The van der Waals surface area contributed by atoms with E-state index in [2.05, 4.69) is 25.1 Å². The summed E-state index contributed by atoms with van der Waals surface area (Å²) in [6, 6.07) is 7.16. The lowest BCUT2D eigenvalue weighted by Gasteiger charge is -2.11. The second-order valence-electron chi connectivity index (χ2n) is 6.60. The predicted molar refractivity (Wildman–Crippen MR) is 108 cm³/mol. The average molecular weight is 442 g/mol. The van der Waals surface area contributed by atoms with Crippen LogP contribution in [0.25, 0.3) is 22.6 Å². The molecule has 0 saturated heterocycles. The molecule has 0 fully saturated rings. The Kier molecular flexibility index (Phi) is 5.14. The highest BCUT2D eigenvalue weighted by atomic mass is 19.1. The fourth-order valence-corrected chi connectivity index (χ4v) is 3.08. The maximum Gasteiger partial charge on any atom is 0.411 e. The third-order valence-corrected chi connectivity index (χ3v) is 4.59. The number of ether oxygens (including phenoxy) is 1. The normalized spacial score (nSPS) is 11.0. The first-order valence-electron chi connectivity index (χ1n) is 9.07. The summed E-state index contributed by atoms with van der Waals surface area (Å²) in [5, 5.41) is 25.3. The van der Waals surface area contributed by atoms with Gasteiger partial charge >= 0.3 is 6.09 Å². The number of nitrogens with one attached hydrogen (secondary N) is 2. The fraction of sp³-hybridized carbons (Fsp3) is 0.105. The van der Waals surface area contributed by atoms with E-state index in [1.165, 1.54) is 10.7 Å². The van der Waals surface area contributed by atoms with Crippen LogP contribution in [0.5, 0.6) is 0 Å². The monoisotopic (exact) mass is 442 g/mol. The molecule has 164 valence electrons. The number of methoxy groups -OCH3 is 1. The van der Waals surface area contributed by atoms with Crippen molar-refractivity contribution < 1.29 is 23.5 Å². The Hall–Kier alpha value is -4.55. The quantitative estimate of drug-likeness (QED) is 0.353. The summed E-state index contributed by atoms with van der Waals surface area (Å²) in [4.78, 5) is 19.5. The largest absolute Gasteiger partial charge is 0.453 e. The molecule has 0 aliphatic carbocycles. The molecule has 0 aliphatic rings. The van der Waals surface area contributed by atoms with Crippen molar-refractivity contribution >= 4 is 28.6 Å². The maximum absolute atomic E-state index is 14.2. The van der Waals surface area contributed by atoms with Crippen LogP contribution in [0.1, 0.15) is 5.56 Å². The van der Waals surface area contributed by atoms with Crippen LogP contribution in [-0.4, -0.2) is 42.9 Å². The van der Waals surface area contributed by atoms with Crippen molar-refractivity contribution in [2.24, 2.45) is 0 Å². The number of hydrogen-bond acceptors (Lipinski definition) is 8. The standard InChI is InChI=1S/C19H16F2N8O3/c1-32-19(30)25-14-15(22)26-18(29(31)16(14)23)13-11-6-10(20)7-24-17(11)28(27-13)8-9-4-2-3-5-12(9)21/h2-7,23,31H,8,22H2,1H3,(H,25,30). The van der Waals surface area contributed by atoms with Crippen molar-refractivity contribution in [3.63, 3.8) is 0 Å². The molecule has 5 N–H and O–H groups in total. The van der Waals surface area contributed by atoms with Crippen LogP contribution in [0.2, 0.25) is 0 Å². The molecule has 32 heavy (non-hydrogen) atoms. The van der Waals surface area contributed by atoms with Gasteiger partial charge in [0.05, 0.1) is 25.2 Å². The molecule has 0 unspecified atom stereocenters. The van der Waals surface area contributed by atoms with Gasteiger partial charge in [0.15, 0.2) is 17.0 Å². The van der Waals surface area contributed by atoms with Gasteiger partial charge in [0.1, 0.15) is 23.0 Å². The highest BCUT2D eigenvalue weighted by Crippen LogP contribution is 2.28. The Morgan fingerprint density at radius 2 is 2.09 bits per heavy atom. The van der Waals surface area contributed by atoms with E-state index >= 15 is 0 Å². The van der Waals surface area contributed by atoms with Crippen molar-refractivity contribution in [2.45, 2.75) is 6.54 Å². The molecule has 0 bridgehead atoms. The smallest absolute Gasteiger partial charge is 0.411 e. The lowest BCUT2D eigenvalue weighted by molar-refractivity contribution is 0.172. The zero-order valence-corrected chi connectivity index (χ0v) is 16.5.